The fourth-order valence-corrected chi connectivity index (χ4v) is 3.48. The number of halogens is 1. The lowest BCUT2D eigenvalue weighted by atomic mass is 10.2. The Balaban J connectivity index is 1.96. The van der Waals surface area contributed by atoms with Gasteiger partial charge >= 0.3 is 5.97 Å². The van der Waals surface area contributed by atoms with E-state index in [2.05, 4.69) is 10.3 Å². The lowest BCUT2D eigenvalue weighted by molar-refractivity contribution is -0.133. The smallest absolute Gasteiger partial charge is 0.313 e. The molecule has 23 heavy (non-hydrogen) atoms. The molecule has 1 heterocycles. The average molecular weight is 371 g/mol. The molecule has 8 heteroatoms. The zero-order valence-corrected chi connectivity index (χ0v) is 14.7. The van der Waals surface area contributed by atoms with Crippen molar-refractivity contribution in [2.24, 2.45) is 0 Å². The van der Waals surface area contributed by atoms with Crippen LogP contribution in [0.3, 0.4) is 0 Å². The minimum Gasteiger partial charge on any atom is -0.481 e. The number of carboxylic acids is 1. The molecule has 0 aliphatic heterocycles. The van der Waals surface area contributed by atoms with Gasteiger partial charge in [-0.3, -0.25) is 9.59 Å². The molecule has 122 valence electrons. The molecular formula is C15H15ClN2O3S2. The highest BCUT2D eigenvalue weighted by atomic mass is 35.5. The minimum atomic E-state index is -0.854. The van der Waals surface area contributed by atoms with E-state index in [0.29, 0.717) is 27.9 Å². The third-order valence-electron chi connectivity index (χ3n) is 2.85. The zero-order chi connectivity index (χ0) is 16.8. The number of aryl methyl sites for hydroxylation is 1. The molecule has 0 spiro atoms. The summed E-state index contributed by atoms with van der Waals surface area (Å²) < 4.78 is 0. The Morgan fingerprint density at radius 3 is 2.70 bits per heavy atom. The van der Waals surface area contributed by atoms with E-state index in [1.165, 1.54) is 23.1 Å². The van der Waals surface area contributed by atoms with Crippen molar-refractivity contribution in [3.05, 3.63) is 39.9 Å². The van der Waals surface area contributed by atoms with Crippen LogP contribution in [0.25, 0.3) is 10.6 Å². The first kappa shape index (κ1) is 17.8. The van der Waals surface area contributed by atoms with Gasteiger partial charge in [-0.1, -0.05) is 23.7 Å². The van der Waals surface area contributed by atoms with Crippen LogP contribution in [0.1, 0.15) is 15.4 Å². The highest BCUT2D eigenvalue weighted by Gasteiger charge is 2.15. The average Bonchev–Trinajstić information content (AvgIpc) is 2.89. The summed E-state index contributed by atoms with van der Waals surface area (Å²) >= 11 is 8.46. The number of rotatable bonds is 7. The minimum absolute atomic E-state index is 0.0379. The van der Waals surface area contributed by atoms with Gasteiger partial charge in [0.2, 0.25) is 0 Å². The molecule has 0 radical (unpaired) electrons. The number of thioether (sulfide) groups is 1. The summed E-state index contributed by atoms with van der Waals surface area (Å²) in [5, 5.41) is 12.7. The van der Waals surface area contributed by atoms with Crippen LogP contribution < -0.4 is 5.32 Å². The second-order valence-corrected chi connectivity index (χ2v) is 7.18. The maximum absolute atomic E-state index is 12.2. The number of carboxylic acid groups (broad SMARTS) is 1. The van der Waals surface area contributed by atoms with Gasteiger partial charge in [0.1, 0.15) is 9.88 Å². The van der Waals surface area contributed by atoms with Crippen LogP contribution in [0.2, 0.25) is 5.02 Å². The van der Waals surface area contributed by atoms with E-state index >= 15 is 0 Å². The SMILES string of the molecule is Cc1nc(-c2ccc(Cl)cc2)sc1C(=O)NCCSCC(=O)O. The molecule has 0 atom stereocenters. The van der Waals surface area contributed by atoms with Crippen molar-refractivity contribution in [3.8, 4) is 10.6 Å². The third kappa shape index (κ3) is 5.23. The van der Waals surface area contributed by atoms with Crippen molar-refractivity contribution in [1.82, 2.24) is 10.3 Å². The number of carbonyl (C=O) groups excluding carboxylic acids is 1. The maximum Gasteiger partial charge on any atom is 0.313 e. The Hall–Kier alpha value is -1.57. The molecule has 0 fully saturated rings. The summed E-state index contributed by atoms with van der Waals surface area (Å²) in [4.78, 5) is 27.6. The topological polar surface area (TPSA) is 79.3 Å². The number of nitrogens with zero attached hydrogens (tertiary/aromatic N) is 1. The first-order valence-corrected chi connectivity index (χ1v) is 9.13. The summed E-state index contributed by atoms with van der Waals surface area (Å²) in [6.45, 7) is 2.22. The van der Waals surface area contributed by atoms with Crippen molar-refractivity contribution in [2.45, 2.75) is 6.92 Å². The van der Waals surface area contributed by atoms with Crippen LogP contribution in [0.4, 0.5) is 0 Å². The second kappa shape index (κ2) is 8.33. The number of nitrogens with one attached hydrogen (secondary N) is 1. The predicted molar refractivity (Wildman–Crippen MR) is 94.6 cm³/mol. The van der Waals surface area contributed by atoms with Crippen LogP contribution in [0, 0.1) is 6.92 Å². The van der Waals surface area contributed by atoms with Crippen molar-refractivity contribution < 1.29 is 14.7 Å². The second-order valence-electron chi connectivity index (χ2n) is 4.64. The van der Waals surface area contributed by atoms with Crippen LogP contribution in [0.5, 0.6) is 0 Å². The predicted octanol–water partition coefficient (Wildman–Crippen LogP) is 3.32. The van der Waals surface area contributed by atoms with E-state index in [1.807, 2.05) is 12.1 Å². The number of hydrogen-bond acceptors (Lipinski definition) is 5. The Bertz CT molecular complexity index is 701. The van der Waals surface area contributed by atoms with Crippen LogP contribution in [0.15, 0.2) is 24.3 Å². The summed E-state index contributed by atoms with van der Waals surface area (Å²) in [6.07, 6.45) is 0. The largest absolute Gasteiger partial charge is 0.481 e. The van der Waals surface area contributed by atoms with Gasteiger partial charge in [0.25, 0.3) is 5.91 Å². The Morgan fingerprint density at radius 2 is 2.04 bits per heavy atom. The summed E-state index contributed by atoms with van der Waals surface area (Å²) in [5.41, 5.74) is 1.59. The Kier molecular flexibility index (Phi) is 6.44. The first-order chi connectivity index (χ1) is 11.0. The number of aliphatic carboxylic acids is 1. The van der Waals surface area contributed by atoms with Crippen molar-refractivity contribution >= 4 is 46.6 Å². The van der Waals surface area contributed by atoms with E-state index in [9.17, 15) is 9.59 Å². The van der Waals surface area contributed by atoms with Gasteiger partial charge in [0, 0.05) is 22.9 Å². The highest BCUT2D eigenvalue weighted by Crippen LogP contribution is 2.28. The lowest BCUT2D eigenvalue weighted by Crippen LogP contribution is -2.25. The van der Waals surface area contributed by atoms with Gasteiger partial charge in [-0.2, -0.15) is 0 Å². The molecule has 0 bridgehead atoms. The summed E-state index contributed by atoms with van der Waals surface area (Å²) in [6, 6.07) is 7.30. The standard InChI is InChI=1S/C15H15ClN2O3S2/c1-9-13(14(21)17-6-7-22-8-12(19)20)23-15(18-9)10-2-4-11(16)5-3-10/h2-5H,6-8H2,1H3,(H,17,21)(H,19,20). The molecule has 0 aliphatic rings. The number of benzene rings is 1. The molecule has 1 aromatic heterocycles. The van der Waals surface area contributed by atoms with E-state index < -0.39 is 5.97 Å². The van der Waals surface area contributed by atoms with Gasteiger partial charge in [-0.05, 0) is 19.1 Å². The van der Waals surface area contributed by atoms with Gasteiger partial charge in [-0.25, -0.2) is 4.98 Å². The number of carbonyl (C=O) groups is 2. The Morgan fingerprint density at radius 1 is 1.35 bits per heavy atom. The van der Waals surface area contributed by atoms with E-state index in [1.54, 1.807) is 19.1 Å². The number of amides is 1. The molecule has 0 saturated carbocycles. The summed E-state index contributed by atoms with van der Waals surface area (Å²) in [5.74, 6) is -0.445. The number of thiazole rings is 1. The van der Waals surface area contributed by atoms with Gasteiger partial charge in [0.05, 0.1) is 11.4 Å². The van der Waals surface area contributed by atoms with Gasteiger partial charge in [0.15, 0.2) is 0 Å². The third-order valence-corrected chi connectivity index (χ3v) is 5.25. The normalized spacial score (nSPS) is 10.5. The number of aromatic nitrogens is 1. The fraction of sp³-hybridized carbons (Fsp3) is 0.267. The van der Waals surface area contributed by atoms with E-state index in [-0.39, 0.29) is 11.7 Å². The highest BCUT2D eigenvalue weighted by molar-refractivity contribution is 7.99. The first-order valence-electron chi connectivity index (χ1n) is 6.78. The molecule has 1 aromatic carbocycles. The van der Waals surface area contributed by atoms with Crippen LogP contribution >= 0.6 is 34.7 Å². The molecule has 2 rings (SSSR count). The molecule has 1 amide bonds. The van der Waals surface area contributed by atoms with Crippen molar-refractivity contribution in [3.63, 3.8) is 0 Å². The summed E-state index contributed by atoms with van der Waals surface area (Å²) in [7, 11) is 0. The molecule has 2 N–H and O–H groups in total. The monoisotopic (exact) mass is 370 g/mol. The Labute approximate surface area is 147 Å². The molecule has 0 saturated heterocycles. The molecule has 5 nitrogen and oxygen atoms in total. The molecule has 0 unspecified atom stereocenters. The van der Waals surface area contributed by atoms with Crippen LogP contribution in [-0.4, -0.2) is 40.0 Å². The molecule has 2 aromatic rings. The van der Waals surface area contributed by atoms with Crippen molar-refractivity contribution in [2.75, 3.05) is 18.1 Å². The lowest BCUT2D eigenvalue weighted by Gasteiger charge is -2.02. The quantitative estimate of drug-likeness (QED) is 0.731. The van der Waals surface area contributed by atoms with Crippen LogP contribution in [-0.2, 0) is 4.79 Å². The van der Waals surface area contributed by atoms with Crippen molar-refractivity contribution in [1.29, 1.82) is 0 Å². The van der Waals surface area contributed by atoms with E-state index in [0.717, 1.165) is 10.6 Å². The van der Waals surface area contributed by atoms with Gasteiger partial charge in [-0.15, -0.1) is 23.1 Å². The zero-order valence-electron chi connectivity index (χ0n) is 12.3. The van der Waals surface area contributed by atoms with Gasteiger partial charge < -0.3 is 10.4 Å². The molecular weight excluding hydrogens is 356 g/mol. The van der Waals surface area contributed by atoms with E-state index in [4.69, 9.17) is 16.7 Å². The maximum atomic E-state index is 12.2. The molecule has 0 aliphatic carbocycles. The fourth-order valence-electron chi connectivity index (χ4n) is 1.80. The number of hydrogen-bond donors (Lipinski definition) is 2.